The Bertz CT molecular complexity index is 1610. The van der Waals surface area contributed by atoms with Gasteiger partial charge in [-0.15, -0.1) is 0 Å². The highest BCUT2D eigenvalue weighted by molar-refractivity contribution is 5.60. The molecule has 2 saturated heterocycles. The zero-order valence-corrected chi connectivity index (χ0v) is 30.2. The van der Waals surface area contributed by atoms with Gasteiger partial charge in [-0.1, -0.05) is 91.8 Å². The smallest absolute Gasteiger partial charge is 0.0545 e. The summed E-state index contributed by atoms with van der Waals surface area (Å²) in [5.74, 6) is 6.15. The predicted octanol–water partition coefficient (Wildman–Crippen LogP) is 10.5. The molecule has 0 bridgehead atoms. The van der Waals surface area contributed by atoms with Gasteiger partial charge in [-0.25, -0.2) is 0 Å². The molecule has 50 heavy (non-hydrogen) atoms. The van der Waals surface area contributed by atoms with E-state index in [1.165, 1.54) is 89.9 Å². The maximum absolute atomic E-state index is 4.49. The van der Waals surface area contributed by atoms with Crippen LogP contribution in [0, 0.1) is 47.3 Å². The van der Waals surface area contributed by atoms with Gasteiger partial charge in [0, 0.05) is 42.2 Å². The number of aliphatic imine (C=N–C) groups is 1. The largest absolute Gasteiger partial charge is 0.361 e. The van der Waals surface area contributed by atoms with Gasteiger partial charge in [0.2, 0.25) is 0 Å². The molecule has 0 spiro atoms. The molecule has 3 heterocycles. The fraction of sp³-hybridized carbons (Fsp3) is 0.596. The highest BCUT2D eigenvalue weighted by Gasteiger charge is 2.55. The van der Waals surface area contributed by atoms with Crippen molar-refractivity contribution in [3.05, 3.63) is 108 Å². The molecule has 4 fully saturated rings. The molecule has 7 aliphatic carbocycles. The summed E-state index contributed by atoms with van der Waals surface area (Å²) in [6.07, 6.45) is 59.0. The molecule has 0 aromatic rings. The molecule has 262 valence electrons. The molecular formula is C47H59N3. The third-order valence-electron chi connectivity index (χ3n) is 15.5. The summed E-state index contributed by atoms with van der Waals surface area (Å²) in [5, 5.41) is 0. The molecule has 0 radical (unpaired) electrons. The number of allylic oxidation sites excluding steroid dienone is 13. The Morgan fingerprint density at radius 2 is 1.52 bits per heavy atom. The number of nitrogens with zero attached hydrogens (tertiary/aromatic N) is 3. The van der Waals surface area contributed by atoms with Crippen LogP contribution in [0.25, 0.3) is 0 Å². The quantitative estimate of drug-likeness (QED) is 0.272. The van der Waals surface area contributed by atoms with Gasteiger partial charge >= 0.3 is 0 Å². The number of likely N-dealkylation sites (tertiary alicyclic amines) is 2. The molecule has 2 saturated carbocycles. The van der Waals surface area contributed by atoms with Gasteiger partial charge in [-0.05, 0) is 142 Å². The summed E-state index contributed by atoms with van der Waals surface area (Å²) >= 11 is 0. The minimum absolute atomic E-state index is 0.528. The Kier molecular flexibility index (Phi) is 8.63. The van der Waals surface area contributed by atoms with Crippen LogP contribution in [0.5, 0.6) is 0 Å². The minimum atomic E-state index is 0.528. The first-order chi connectivity index (χ1) is 24.8. The van der Waals surface area contributed by atoms with Crippen molar-refractivity contribution in [2.24, 2.45) is 52.3 Å². The molecule has 10 rings (SSSR count). The average Bonchev–Trinajstić information content (AvgIpc) is 3.71. The first kappa shape index (κ1) is 31.8. The van der Waals surface area contributed by atoms with E-state index in [0.717, 1.165) is 54.0 Å². The van der Waals surface area contributed by atoms with E-state index in [-0.39, 0.29) is 0 Å². The van der Waals surface area contributed by atoms with Gasteiger partial charge in [0.25, 0.3) is 0 Å². The van der Waals surface area contributed by atoms with Crippen LogP contribution in [0.15, 0.2) is 113 Å². The maximum atomic E-state index is 4.49. The highest BCUT2D eigenvalue weighted by atomic mass is 15.3. The first-order valence-electron chi connectivity index (χ1n) is 21.0. The van der Waals surface area contributed by atoms with Crippen molar-refractivity contribution >= 4 is 6.21 Å². The van der Waals surface area contributed by atoms with Crippen LogP contribution in [0.1, 0.15) is 96.3 Å². The van der Waals surface area contributed by atoms with Crippen LogP contribution < -0.4 is 0 Å². The third kappa shape index (κ3) is 5.60. The van der Waals surface area contributed by atoms with E-state index in [1.54, 1.807) is 16.8 Å². The molecule has 3 heteroatoms. The fourth-order valence-electron chi connectivity index (χ4n) is 13.3. The normalized spacial score (nSPS) is 44.7. The predicted molar refractivity (Wildman–Crippen MR) is 207 cm³/mol. The second kappa shape index (κ2) is 13.6. The molecule has 10 aliphatic rings. The summed E-state index contributed by atoms with van der Waals surface area (Å²) in [5.41, 5.74) is 4.89. The molecule has 0 amide bonds. The maximum Gasteiger partial charge on any atom is 0.0545 e. The van der Waals surface area contributed by atoms with E-state index >= 15 is 0 Å². The summed E-state index contributed by atoms with van der Waals surface area (Å²) in [6, 6.07) is 3.24. The van der Waals surface area contributed by atoms with Crippen molar-refractivity contribution in [2.45, 2.75) is 127 Å². The van der Waals surface area contributed by atoms with Gasteiger partial charge in [0.15, 0.2) is 0 Å². The summed E-state index contributed by atoms with van der Waals surface area (Å²) in [6.45, 7) is 0. The standard InChI is InChI=1S/C47H59N3/c1-3-11-32(12-4-1)36-27-37(33-23-25-48-26-24-33)29-39(28-36)50-44-17-9-7-15-40(44)42-21-19-35(31-47(42)50)34-20-22-46-43(30-34)41-16-8-10-18-45(41)49(46)38-13-5-2-6-14-38/h1-3,5,8,10-11,13,16,18,20,22-23,25-26,28,33-35,37,39-47H,4,6-7,9,12,14-15,17,19,21,24,27,29-31H2/t33?,34?,35-,37+,39?,40?,41?,42-,43+,44?,45?,46?,47?/m0/s1. The molecule has 3 aliphatic heterocycles. The number of hydrogen-bond acceptors (Lipinski definition) is 3. The van der Waals surface area contributed by atoms with E-state index in [9.17, 15) is 0 Å². The summed E-state index contributed by atoms with van der Waals surface area (Å²) < 4.78 is 0. The molecule has 0 aromatic carbocycles. The number of rotatable bonds is 5. The van der Waals surface area contributed by atoms with E-state index in [2.05, 4.69) is 112 Å². The van der Waals surface area contributed by atoms with Gasteiger partial charge in [-0.2, -0.15) is 0 Å². The number of hydrogen-bond donors (Lipinski definition) is 0. The second-order valence-electron chi connectivity index (χ2n) is 17.8. The van der Waals surface area contributed by atoms with Gasteiger partial charge < -0.3 is 4.90 Å². The molecule has 13 atom stereocenters. The Morgan fingerprint density at radius 1 is 0.640 bits per heavy atom. The lowest BCUT2D eigenvalue weighted by atomic mass is 9.65. The van der Waals surface area contributed by atoms with E-state index in [4.69, 9.17) is 0 Å². The Labute approximate surface area is 302 Å². The zero-order valence-electron chi connectivity index (χ0n) is 30.2. The SMILES string of the molecule is C1=CCCC(C2=CC(N3C4CCCCC4[C@@H]4CC[C@H](C5C=CC6[C@H](C5)C5C=CC=CC5N6C5=CC=CCC5)CC43)C[C@H](C3C=CN=CC3)C2)=C1. The van der Waals surface area contributed by atoms with Crippen LogP contribution in [0.3, 0.4) is 0 Å². The topological polar surface area (TPSA) is 18.8 Å². The fourth-order valence-corrected chi connectivity index (χ4v) is 13.3. The lowest BCUT2D eigenvalue weighted by Crippen LogP contribution is -2.49. The van der Waals surface area contributed by atoms with Crippen molar-refractivity contribution < 1.29 is 0 Å². The van der Waals surface area contributed by atoms with Gasteiger partial charge in [-0.3, -0.25) is 9.89 Å². The van der Waals surface area contributed by atoms with Gasteiger partial charge in [0.05, 0.1) is 12.1 Å². The Morgan fingerprint density at radius 3 is 2.38 bits per heavy atom. The lowest BCUT2D eigenvalue weighted by molar-refractivity contribution is 0.0629. The first-order valence-corrected chi connectivity index (χ1v) is 21.0. The van der Waals surface area contributed by atoms with Crippen molar-refractivity contribution in [2.75, 3.05) is 0 Å². The second-order valence-corrected chi connectivity index (χ2v) is 17.8. The molecule has 0 aromatic heterocycles. The van der Waals surface area contributed by atoms with E-state index in [1.807, 2.05) is 0 Å². The summed E-state index contributed by atoms with van der Waals surface area (Å²) in [4.78, 5) is 10.5. The van der Waals surface area contributed by atoms with E-state index in [0.29, 0.717) is 30.0 Å². The molecule has 0 N–H and O–H groups in total. The number of fused-ring (bicyclic) bond motifs is 6. The van der Waals surface area contributed by atoms with Crippen LogP contribution >= 0.6 is 0 Å². The van der Waals surface area contributed by atoms with Crippen molar-refractivity contribution in [3.8, 4) is 0 Å². The van der Waals surface area contributed by atoms with Crippen molar-refractivity contribution in [1.29, 1.82) is 0 Å². The Hall–Kier alpha value is -2.91. The molecule has 3 nitrogen and oxygen atoms in total. The van der Waals surface area contributed by atoms with Gasteiger partial charge in [0.1, 0.15) is 0 Å². The lowest BCUT2D eigenvalue weighted by Gasteiger charge is -2.46. The monoisotopic (exact) mass is 665 g/mol. The van der Waals surface area contributed by atoms with Crippen molar-refractivity contribution in [3.63, 3.8) is 0 Å². The Balaban J connectivity index is 0.939. The minimum Gasteiger partial charge on any atom is -0.361 e. The summed E-state index contributed by atoms with van der Waals surface area (Å²) in [7, 11) is 0. The highest BCUT2D eigenvalue weighted by Crippen LogP contribution is 2.56. The molecule has 9 unspecified atom stereocenters. The van der Waals surface area contributed by atoms with Crippen LogP contribution in [0.2, 0.25) is 0 Å². The van der Waals surface area contributed by atoms with Crippen LogP contribution in [-0.2, 0) is 0 Å². The van der Waals surface area contributed by atoms with Crippen LogP contribution in [-0.4, -0.2) is 46.2 Å². The average molecular weight is 666 g/mol. The third-order valence-corrected chi connectivity index (χ3v) is 15.5. The van der Waals surface area contributed by atoms with Crippen molar-refractivity contribution in [1.82, 2.24) is 9.80 Å². The van der Waals surface area contributed by atoms with Crippen LogP contribution in [0.4, 0.5) is 0 Å². The van der Waals surface area contributed by atoms with E-state index < -0.39 is 0 Å². The molecular weight excluding hydrogens is 607 g/mol. The zero-order chi connectivity index (χ0) is 33.0.